The quantitative estimate of drug-likeness (QED) is 0.399. The van der Waals surface area contributed by atoms with Crippen molar-refractivity contribution in [2.24, 2.45) is 10.7 Å². The van der Waals surface area contributed by atoms with Gasteiger partial charge in [0.2, 0.25) is 0 Å². The summed E-state index contributed by atoms with van der Waals surface area (Å²) < 4.78 is 22.0. The lowest BCUT2D eigenvalue weighted by molar-refractivity contribution is 0.600. The molecule has 1 aliphatic heterocycles. The van der Waals surface area contributed by atoms with E-state index in [-0.39, 0.29) is 17.5 Å². The zero-order chi connectivity index (χ0) is 9.19. The first kappa shape index (κ1) is 9.31. The molecule has 0 aromatic heterocycles. The van der Waals surface area contributed by atoms with E-state index >= 15 is 0 Å². The predicted octanol–water partition coefficient (Wildman–Crippen LogP) is -1.29. The van der Waals surface area contributed by atoms with E-state index in [9.17, 15) is 8.42 Å². The van der Waals surface area contributed by atoms with Crippen molar-refractivity contribution in [2.45, 2.75) is 12.5 Å². The molecule has 0 amide bonds. The molecule has 0 radical (unpaired) electrons. The number of nitrogens with zero attached hydrogens (tertiary/aromatic N) is 1. The Balaban J connectivity index is 2.49. The van der Waals surface area contributed by atoms with E-state index in [2.05, 4.69) is 10.3 Å². The Hall–Kier alpha value is -0.780. The van der Waals surface area contributed by atoms with Crippen molar-refractivity contribution < 1.29 is 8.42 Å². The van der Waals surface area contributed by atoms with E-state index in [0.717, 1.165) is 0 Å². The van der Waals surface area contributed by atoms with Crippen LogP contribution in [0.4, 0.5) is 0 Å². The molecule has 1 heterocycles. The monoisotopic (exact) mass is 191 g/mol. The first-order valence-corrected chi connectivity index (χ1v) is 5.55. The highest BCUT2D eigenvalue weighted by Gasteiger charge is 2.27. The number of aliphatic imine (C=N–C) groups is 1. The van der Waals surface area contributed by atoms with E-state index in [1.807, 2.05) is 0 Å². The van der Waals surface area contributed by atoms with Gasteiger partial charge in [0, 0.05) is 13.1 Å². The van der Waals surface area contributed by atoms with Gasteiger partial charge in [-0.3, -0.25) is 4.99 Å². The molecule has 1 unspecified atom stereocenters. The SMILES string of the molecule is CN=C(N)NC1CCS(=O)(=O)C1. The van der Waals surface area contributed by atoms with Gasteiger partial charge < -0.3 is 11.1 Å². The van der Waals surface area contributed by atoms with Gasteiger partial charge in [-0.25, -0.2) is 8.42 Å². The second-order valence-corrected chi connectivity index (χ2v) is 5.08. The average Bonchev–Trinajstić information content (AvgIpc) is 2.30. The van der Waals surface area contributed by atoms with Crippen molar-refractivity contribution in [3.63, 3.8) is 0 Å². The van der Waals surface area contributed by atoms with Gasteiger partial charge in [0.15, 0.2) is 15.8 Å². The molecule has 12 heavy (non-hydrogen) atoms. The minimum atomic E-state index is -2.82. The Morgan fingerprint density at radius 3 is 2.75 bits per heavy atom. The van der Waals surface area contributed by atoms with Gasteiger partial charge in [-0.2, -0.15) is 0 Å². The summed E-state index contributed by atoms with van der Waals surface area (Å²) in [6, 6.07) is -0.0568. The molecule has 1 rings (SSSR count). The molecule has 0 bridgehead atoms. The molecular formula is C6H13N3O2S. The lowest BCUT2D eigenvalue weighted by Gasteiger charge is -2.09. The summed E-state index contributed by atoms with van der Waals surface area (Å²) in [5, 5.41) is 2.83. The van der Waals surface area contributed by atoms with Crippen LogP contribution in [0.5, 0.6) is 0 Å². The third-order valence-corrected chi connectivity index (χ3v) is 3.59. The molecule has 1 saturated heterocycles. The maximum absolute atomic E-state index is 11.0. The summed E-state index contributed by atoms with van der Waals surface area (Å²) in [5.41, 5.74) is 5.39. The van der Waals surface area contributed by atoms with Crippen LogP contribution in [0.1, 0.15) is 6.42 Å². The summed E-state index contributed by atoms with van der Waals surface area (Å²) in [6.45, 7) is 0. The lowest BCUT2D eigenvalue weighted by atomic mass is 10.3. The molecule has 1 fully saturated rings. The van der Waals surface area contributed by atoms with Crippen LogP contribution in [-0.4, -0.2) is 39.0 Å². The van der Waals surface area contributed by atoms with Gasteiger partial charge in [-0.1, -0.05) is 0 Å². The Kier molecular flexibility index (Phi) is 2.56. The van der Waals surface area contributed by atoms with Gasteiger partial charge >= 0.3 is 0 Å². The highest BCUT2D eigenvalue weighted by molar-refractivity contribution is 7.91. The molecular weight excluding hydrogens is 178 g/mol. The molecule has 3 N–H and O–H groups in total. The maximum atomic E-state index is 11.0. The van der Waals surface area contributed by atoms with E-state index in [4.69, 9.17) is 5.73 Å². The molecule has 0 aromatic rings. The Bertz CT molecular complexity index is 283. The van der Waals surface area contributed by atoms with Crippen LogP contribution in [0.25, 0.3) is 0 Å². The average molecular weight is 191 g/mol. The number of hydrogen-bond donors (Lipinski definition) is 2. The zero-order valence-electron chi connectivity index (χ0n) is 6.95. The first-order chi connectivity index (χ1) is 5.53. The fourth-order valence-corrected chi connectivity index (χ4v) is 2.86. The van der Waals surface area contributed by atoms with Crippen LogP contribution in [0, 0.1) is 0 Å². The fourth-order valence-electron chi connectivity index (χ4n) is 1.18. The molecule has 0 aliphatic carbocycles. The second kappa shape index (κ2) is 3.30. The van der Waals surface area contributed by atoms with E-state index in [1.165, 1.54) is 0 Å². The third kappa shape index (κ3) is 2.37. The van der Waals surface area contributed by atoms with Crippen molar-refractivity contribution in [1.29, 1.82) is 0 Å². The van der Waals surface area contributed by atoms with Crippen molar-refractivity contribution in [2.75, 3.05) is 18.6 Å². The molecule has 6 heteroatoms. The molecule has 70 valence electrons. The normalized spacial score (nSPS) is 28.8. The summed E-state index contributed by atoms with van der Waals surface area (Å²) in [4.78, 5) is 3.69. The second-order valence-electron chi connectivity index (χ2n) is 2.85. The first-order valence-electron chi connectivity index (χ1n) is 3.73. The highest BCUT2D eigenvalue weighted by atomic mass is 32.2. The van der Waals surface area contributed by atoms with E-state index < -0.39 is 9.84 Å². The zero-order valence-corrected chi connectivity index (χ0v) is 7.76. The standard InChI is InChI=1S/C6H13N3O2S/c1-8-6(7)9-5-2-3-12(10,11)4-5/h5H,2-4H2,1H3,(H3,7,8,9). The minimum absolute atomic E-state index is 0.0568. The van der Waals surface area contributed by atoms with Gasteiger partial charge in [-0.15, -0.1) is 0 Å². The topological polar surface area (TPSA) is 84.5 Å². The predicted molar refractivity (Wildman–Crippen MR) is 47.7 cm³/mol. The molecule has 0 aromatic carbocycles. The van der Waals surface area contributed by atoms with Crippen LogP contribution >= 0.6 is 0 Å². The molecule has 5 nitrogen and oxygen atoms in total. The van der Waals surface area contributed by atoms with Crippen LogP contribution in [-0.2, 0) is 9.84 Å². The molecule has 1 aliphatic rings. The van der Waals surface area contributed by atoms with Gasteiger partial charge in [0.1, 0.15) is 0 Å². The fraction of sp³-hybridized carbons (Fsp3) is 0.833. The summed E-state index contributed by atoms with van der Waals surface area (Å²) in [5.74, 6) is 0.724. The van der Waals surface area contributed by atoms with Crippen LogP contribution in [0.2, 0.25) is 0 Å². The van der Waals surface area contributed by atoms with Gasteiger partial charge in [0.05, 0.1) is 11.5 Å². The van der Waals surface area contributed by atoms with Crippen LogP contribution < -0.4 is 11.1 Å². The van der Waals surface area contributed by atoms with E-state index in [0.29, 0.717) is 12.4 Å². The smallest absolute Gasteiger partial charge is 0.188 e. The molecule has 0 spiro atoms. The maximum Gasteiger partial charge on any atom is 0.188 e. The Morgan fingerprint density at radius 1 is 1.67 bits per heavy atom. The minimum Gasteiger partial charge on any atom is -0.370 e. The van der Waals surface area contributed by atoms with Crippen molar-refractivity contribution in [1.82, 2.24) is 5.32 Å². The number of rotatable bonds is 1. The van der Waals surface area contributed by atoms with Crippen molar-refractivity contribution in [3.05, 3.63) is 0 Å². The Morgan fingerprint density at radius 2 is 2.33 bits per heavy atom. The number of guanidine groups is 1. The summed E-state index contributed by atoms with van der Waals surface area (Å²) in [7, 11) is -1.26. The summed E-state index contributed by atoms with van der Waals surface area (Å²) in [6.07, 6.45) is 0.624. The van der Waals surface area contributed by atoms with Crippen LogP contribution in [0.3, 0.4) is 0 Å². The van der Waals surface area contributed by atoms with E-state index in [1.54, 1.807) is 7.05 Å². The Labute approximate surface area is 72.0 Å². The largest absolute Gasteiger partial charge is 0.370 e. The van der Waals surface area contributed by atoms with Crippen molar-refractivity contribution >= 4 is 15.8 Å². The van der Waals surface area contributed by atoms with Gasteiger partial charge in [0.25, 0.3) is 0 Å². The third-order valence-electron chi connectivity index (χ3n) is 1.83. The summed E-state index contributed by atoms with van der Waals surface area (Å²) >= 11 is 0. The number of hydrogen-bond acceptors (Lipinski definition) is 3. The number of nitrogens with one attached hydrogen (secondary N) is 1. The number of sulfone groups is 1. The van der Waals surface area contributed by atoms with Gasteiger partial charge in [-0.05, 0) is 6.42 Å². The van der Waals surface area contributed by atoms with Crippen molar-refractivity contribution in [3.8, 4) is 0 Å². The molecule has 1 atom stereocenters. The molecule has 0 saturated carbocycles. The lowest BCUT2D eigenvalue weighted by Crippen LogP contribution is -2.40. The number of nitrogens with two attached hydrogens (primary N) is 1. The van der Waals surface area contributed by atoms with Crippen LogP contribution in [0.15, 0.2) is 4.99 Å². The highest BCUT2D eigenvalue weighted by Crippen LogP contribution is 2.10.